The molecule has 0 bridgehead atoms. The van der Waals surface area contributed by atoms with Crippen LogP contribution in [0.1, 0.15) is 11.3 Å². The summed E-state index contributed by atoms with van der Waals surface area (Å²) in [5, 5.41) is 0. The molecular weight excluding hydrogens is 311 g/mol. The lowest BCUT2D eigenvalue weighted by Gasteiger charge is -2.15. The minimum absolute atomic E-state index is 0.666. The Labute approximate surface area is 100 Å². The minimum Gasteiger partial charge on any atom is -0.282 e. The summed E-state index contributed by atoms with van der Waals surface area (Å²) in [6.07, 6.45) is -11.3. The van der Waals surface area contributed by atoms with Crippen LogP contribution in [0, 0.1) is 5.95 Å². The molecule has 0 amide bonds. The van der Waals surface area contributed by atoms with Gasteiger partial charge in [-0.3, -0.25) is 4.55 Å². The summed E-state index contributed by atoms with van der Waals surface area (Å²) in [4.78, 5) is -0.0663. The lowest BCUT2D eigenvalue weighted by molar-refractivity contribution is -0.165. The van der Waals surface area contributed by atoms with Gasteiger partial charge in [-0.2, -0.15) is 39.2 Å². The van der Waals surface area contributed by atoms with Crippen molar-refractivity contribution in [2.45, 2.75) is 17.2 Å². The second-order valence-corrected chi connectivity index (χ2v) is 4.53. The van der Waals surface area contributed by atoms with E-state index in [1.165, 1.54) is 0 Å². The number of alkyl halides is 6. The molecule has 1 heterocycles. The number of aromatic nitrogens is 1. The van der Waals surface area contributed by atoms with Crippen molar-refractivity contribution in [2.75, 3.05) is 0 Å². The molecule has 108 valence electrons. The molecule has 0 aromatic carbocycles. The van der Waals surface area contributed by atoms with E-state index >= 15 is 0 Å². The van der Waals surface area contributed by atoms with E-state index in [9.17, 15) is 39.2 Å². The minimum atomic E-state index is -5.65. The van der Waals surface area contributed by atoms with Gasteiger partial charge >= 0.3 is 12.4 Å². The molecule has 0 saturated carbocycles. The predicted octanol–water partition coefficient (Wildman–Crippen LogP) is 2.50. The largest absolute Gasteiger partial charge is 0.434 e. The van der Waals surface area contributed by atoms with Crippen LogP contribution in [0.5, 0.6) is 0 Å². The van der Waals surface area contributed by atoms with Gasteiger partial charge in [0.2, 0.25) is 5.95 Å². The molecule has 1 N–H and O–H groups in total. The number of hydrogen-bond acceptors (Lipinski definition) is 3. The third kappa shape index (κ3) is 3.32. The van der Waals surface area contributed by atoms with Gasteiger partial charge < -0.3 is 0 Å². The van der Waals surface area contributed by atoms with E-state index in [2.05, 4.69) is 0 Å². The van der Waals surface area contributed by atoms with Gasteiger partial charge in [0.25, 0.3) is 10.1 Å². The van der Waals surface area contributed by atoms with E-state index in [1.807, 2.05) is 4.98 Å². The smallest absolute Gasteiger partial charge is 0.282 e. The summed E-state index contributed by atoms with van der Waals surface area (Å²) in [5.41, 5.74) is -5.15. The van der Waals surface area contributed by atoms with Crippen molar-refractivity contribution in [1.29, 1.82) is 0 Å². The Morgan fingerprint density at radius 2 is 1.53 bits per heavy atom. The van der Waals surface area contributed by atoms with E-state index in [4.69, 9.17) is 4.55 Å². The van der Waals surface area contributed by atoms with E-state index in [1.54, 1.807) is 0 Å². The van der Waals surface area contributed by atoms with Gasteiger partial charge in [-0.05, 0) is 6.07 Å². The van der Waals surface area contributed by atoms with Crippen molar-refractivity contribution >= 4 is 10.1 Å². The fourth-order valence-electron chi connectivity index (χ4n) is 1.09. The van der Waals surface area contributed by atoms with Crippen molar-refractivity contribution in [3.8, 4) is 0 Å². The molecule has 19 heavy (non-hydrogen) atoms. The summed E-state index contributed by atoms with van der Waals surface area (Å²) in [7, 11) is -5.48. The maximum absolute atomic E-state index is 12.9. The summed E-state index contributed by atoms with van der Waals surface area (Å²) in [6.45, 7) is 0. The first-order valence-electron chi connectivity index (χ1n) is 4.07. The topological polar surface area (TPSA) is 67.3 Å². The van der Waals surface area contributed by atoms with Gasteiger partial charge in [0.1, 0.15) is 4.90 Å². The summed E-state index contributed by atoms with van der Waals surface area (Å²) >= 11 is 0. The van der Waals surface area contributed by atoms with Crippen molar-refractivity contribution in [1.82, 2.24) is 4.98 Å². The second-order valence-electron chi connectivity index (χ2n) is 3.14. The summed E-state index contributed by atoms with van der Waals surface area (Å²) in [5.74, 6) is -2.39. The van der Waals surface area contributed by atoms with Crippen molar-refractivity contribution in [3.05, 3.63) is 23.3 Å². The molecule has 12 heteroatoms. The highest BCUT2D eigenvalue weighted by Crippen LogP contribution is 2.40. The maximum Gasteiger partial charge on any atom is 0.434 e. The highest BCUT2D eigenvalue weighted by Gasteiger charge is 2.46. The zero-order chi connectivity index (χ0) is 15.2. The monoisotopic (exact) mass is 313 g/mol. The normalized spacial score (nSPS) is 13.7. The standard InChI is InChI=1S/C7H2F7NO3S/c8-5-3(19(16,17)18)1-2(6(9,10)11)4(15-5)7(12,13)14/h1H,(H,16,17,18). The summed E-state index contributed by atoms with van der Waals surface area (Å²) < 4.78 is 116. The number of halogens is 7. The molecule has 0 aliphatic carbocycles. The third-order valence-corrected chi connectivity index (χ3v) is 2.64. The lowest BCUT2D eigenvalue weighted by atomic mass is 10.2. The first-order chi connectivity index (χ1) is 8.24. The van der Waals surface area contributed by atoms with Gasteiger partial charge in [0.15, 0.2) is 5.69 Å². The van der Waals surface area contributed by atoms with Crippen molar-refractivity contribution in [3.63, 3.8) is 0 Å². The number of nitrogens with zero attached hydrogens (tertiary/aromatic N) is 1. The quantitative estimate of drug-likeness (QED) is 0.491. The van der Waals surface area contributed by atoms with Crippen molar-refractivity contribution in [2.24, 2.45) is 0 Å². The molecule has 0 saturated heterocycles. The van der Waals surface area contributed by atoms with Crippen LogP contribution in [0.3, 0.4) is 0 Å². The second kappa shape index (κ2) is 4.30. The highest BCUT2D eigenvalue weighted by molar-refractivity contribution is 7.85. The van der Waals surface area contributed by atoms with Crippen LogP contribution in [0.4, 0.5) is 30.7 Å². The Bertz CT molecular complexity index is 604. The molecule has 4 nitrogen and oxygen atoms in total. The Morgan fingerprint density at radius 1 is 1.05 bits per heavy atom. The predicted molar refractivity (Wildman–Crippen MR) is 44.0 cm³/mol. The average molecular weight is 313 g/mol. The third-order valence-electron chi connectivity index (χ3n) is 1.80. The van der Waals surface area contributed by atoms with Crippen LogP contribution >= 0.6 is 0 Å². The van der Waals surface area contributed by atoms with E-state index < -0.39 is 50.6 Å². The van der Waals surface area contributed by atoms with Crippen LogP contribution in [-0.2, 0) is 22.5 Å². The SMILES string of the molecule is O=S(=O)(O)c1cc(C(F)(F)F)c(C(F)(F)F)nc1F. The molecule has 0 radical (unpaired) electrons. The lowest BCUT2D eigenvalue weighted by Crippen LogP contribution is -2.21. The Morgan fingerprint density at radius 3 is 1.84 bits per heavy atom. The van der Waals surface area contributed by atoms with Crippen LogP contribution in [0.2, 0.25) is 0 Å². The van der Waals surface area contributed by atoms with E-state index in [0.717, 1.165) is 0 Å². The number of rotatable bonds is 1. The molecule has 0 unspecified atom stereocenters. The van der Waals surface area contributed by atoms with Gasteiger partial charge in [-0.25, -0.2) is 4.98 Å². The molecule has 1 aromatic heterocycles. The Hall–Kier alpha value is -1.43. The Balaban J connectivity index is 3.76. The molecule has 0 aliphatic rings. The molecule has 0 atom stereocenters. The van der Waals surface area contributed by atoms with Gasteiger partial charge in [-0.1, -0.05) is 0 Å². The number of pyridine rings is 1. The molecule has 0 fully saturated rings. The number of hydrogen-bond donors (Lipinski definition) is 1. The average Bonchev–Trinajstić information content (AvgIpc) is 2.11. The van der Waals surface area contributed by atoms with Crippen LogP contribution in [-0.4, -0.2) is 18.0 Å². The fourth-order valence-corrected chi connectivity index (χ4v) is 1.61. The van der Waals surface area contributed by atoms with Gasteiger partial charge in [0, 0.05) is 0 Å². The zero-order valence-electron chi connectivity index (χ0n) is 8.34. The molecular formula is C7H2F7NO3S. The molecule has 1 rings (SSSR count). The highest BCUT2D eigenvalue weighted by atomic mass is 32.2. The van der Waals surface area contributed by atoms with Crippen LogP contribution < -0.4 is 0 Å². The molecule has 0 aliphatic heterocycles. The molecule has 0 spiro atoms. The first-order valence-corrected chi connectivity index (χ1v) is 5.51. The first kappa shape index (κ1) is 15.6. The van der Waals surface area contributed by atoms with E-state index in [-0.39, 0.29) is 0 Å². The Kier molecular flexibility index (Phi) is 3.54. The maximum atomic E-state index is 12.9. The summed E-state index contributed by atoms with van der Waals surface area (Å²) in [6, 6.07) is -0.666. The van der Waals surface area contributed by atoms with E-state index in [0.29, 0.717) is 0 Å². The van der Waals surface area contributed by atoms with Gasteiger partial charge in [-0.15, -0.1) is 0 Å². The molecule has 1 aromatic rings. The zero-order valence-corrected chi connectivity index (χ0v) is 9.16. The van der Waals surface area contributed by atoms with Crippen molar-refractivity contribution < 1.29 is 43.7 Å². The fraction of sp³-hybridized carbons (Fsp3) is 0.286. The van der Waals surface area contributed by atoms with Crippen LogP contribution in [0.25, 0.3) is 0 Å². The van der Waals surface area contributed by atoms with Crippen LogP contribution in [0.15, 0.2) is 11.0 Å². The van der Waals surface area contributed by atoms with Gasteiger partial charge in [0.05, 0.1) is 5.56 Å².